The number of rotatable bonds is 8. The first-order valence-electron chi connectivity index (χ1n) is 19.7. The molecule has 0 fully saturated rings. The van der Waals surface area contributed by atoms with Crippen molar-refractivity contribution < 1.29 is 29.3 Å². The van der Waals surface area contributed by atoms with Crippen LogP contribution in [0.4, 0.5) is 0 Å². The van der Waals surface area contributed by atoms with Crippen LogP contribution in [0.2, 0.25) is 0 Å². The molecule has 6 aromatic carbocycles. The van der Waals surface area contributed by atoms with E-state index in [2.05, 4.69) is 129 Å². The van der Waals surface area contributed by atoms with Crippen LogP contribution in [0.5, 0.6) is 0 Å². The quantitative estimate of drug-likeness (QED) is 0.0683. The van der Waals surface area contributed by atoms with Crippen molar-refractivity contribution >= 4 is 76.1 Å². The van der Waals surface area contributed by atoms with E-state index in [1.807, 2.05) is 72.8 Å². The van der Waals surface area contributed by atoms with E-state index in [0.29, 0.717) is 36.8 Å². The van der Waals surface area contributed by atoms with Crippen LogP contribution in [0, 0.1) is 47.4 Å². The molecule has 8 heteroatoms. The SMILES string of the molecule is Brc1ccc2cc(Br)ccc2c1.C=C(C)C(=O)OCCC#Cc1ccc2cc(C#CCCOC(=O)C(=C)C)ccc2c1.OCCC#Cc1ccc2cc(C#CCCO)ccc2c1. The second kappa shape index (κ2) is 26.1. The summed E-state index contributed by atoms with van der Waals surface area (Å²) in [5.41, 5.74) is 4.45. The van der Waals surface area contributed by atoms with Gasteiger partial charge in [-0.1, -0.05) is 129 Å². The normalized spacial score (nSPS) is 9.71. The smallest absolute Gasteiger partial charge is 0.333 e. The van der Waals surface area contributed by atoms with Gasteiger partial charge in [-0.25, -0.2) is 9.59 Å². The second-order valence-electron chi connectivity index (χ2n) is 13.7. The predicted molar refractivity (Wildman–Crippen MR) is 259 cm³/mol. The zero-order valence-corrected chi connectivity index (χ0v) is 37.9. The minimum atomic E-state index is -0.394. The molecule has 6 aromatic rings. The third-order valence-corrected chi connectivity index (χ3v) is 9.45. The van der Waals surface area contributed by atoms with Crippen LogP contribution in [0.3, 0.4) is 0 Å². The number of aliphatic hydroxyl groups is 2. The Hall–Kier alpha value is -6.36. The van der Waals surface area contributed by atoms with Crippen molar-refractivity contribution in [3.8, 4) is 47.4 Å². The Morgan fingerprint density at radius 1 is 0.468 bits per heavy atom. The third kappa shape index (κ3) is 17.0. The first-order chi connectivity index (χ1) is 29.9. The van der Waals surface area contributed by atoms with E-state index < -0.39 is 11.9 Å². The first kappa shape index (κ1) is 48.3. The highest BCUT2D eigenvalue weighted by Crippen LogP contribution is 2.23. The fourth-order valence-corrected chi connectivity index (χ4v) is 6.15. The molecule has 6 rings (SSSR count). The first-order valence-corrected chi connectivity index (χ1v) is 21.3. The molecule has 0 saturated carbocycles. The number of ether oxygens (including phenoxy) is 2. The summed E-state index contributed by atoms with van der Waals surface area (Å²) in [6, 6.07) is 36.5. The molecule has 0 aliphatic heterocycles. The average Bonchev–Trinajstić information content (AvgIpc) is 3.26. The highest BCUT2D eigenvalue weighted by Gasteiger charge is 2.03. The number of aliphatic hydroxyl groups excluding tert-OH is 2. The Labute approximate surface area is 381 Å². The van der Waals surface area contributed by atoms with Gasteiger partial charge in [0.1, 0.15) is 13.2 Å². The number of hydrogen-bond acceptors (Lipinski definition) is 6. The van der Waals surface area contributed by atoms with E-state index in [1.54, 1.807) is 13.8 Å². The fourth-order valence-electron chi connectivity index (χ4n) is 5.40. The number of carbonyl (C=O) groups is 2. The number of esters is 2. The fraction of sp³-hybridized carbons (Fsp3) is 0.185. The lowest BCUT2D eigenvalue weighted by Crippen LogP contribution is -2.05. The van der Waals surface area contributed by atoms with Crippen LogP contribution in [-0.4, -0.2) is 48.6 Å². The summed E-state index contributed by atoms with van der Waals surface area (Å²) < 4.78 is 12.3. The maximum absolute atomic E-state index is 11.3. The van der Waals surface area contributed by atoms with E-state index in [0.717, 1.165) is 52.7 Å². The molecule has 0 atom stereocenters. The topological polar surface area (TPSA) is 93.1 Å². The Morgan fingerprint density at radius 3 is 1.03 bits per heavy atom. The molecular formula is C54H46Br2O6. The van der Waals surface area contributed by atoms with E-state index in [9.17, 15) is 9.59 Å². The van der Waals surface area contributed by atoms with Gasteiger partial charge in [0.2, 0.25) is 0 Å². The average molecular weight is 951 g/mol. The summed E-state index contributed by atoms with van der Waals surface area (Å²) >= 11 is 6.88. The van der Waals surface area contributed by atoms with Crippen molar-refractivity contribution in [1.29, 1.82) is 0 Å². The standard InChI is InChI=1S/C26H24O4.C18H16O2.C10H6Br2/c1-19(2)25(27)29-15-7-5-9-21-11-13-24-18-22(12-14-23(24)17-21)10-6-8-16-30-26(28)20(3)4;19-11-3-1-5-15-7-9-18-14-16(6-2-4-12-20)8-10-17(18)13-15;11-9-3-1-7-5-10(12)4-2-8(7)6-9/h11-14,17-18H,1,3,7-8,15-16H2,2,4H3;7-10,13-14,19-20H,3-4,11-12H2;1-6H. The summed E-state index contributed by atoms with van der Waals surface area (Å²) in [5.74, 6) is 23.3. The predicted octanol–water partition coefficient (Wildman–Crippen LogP) is 11.2. The van der Waals surface area contributed by atoms with Gasteiger partial charge in [-0.2, -0.15) is 0 Å². The number of carbonyl (C=O) groups excluding carboxylic acids is 2. The Bertz CT molecular complexity index is 2640. The molecule has 0 saturated heterocycles. The Morgan fingerprint density at radius 2 is 0.742 bits per heavy atom. The van der Waals surface area contributed by atoms with Crippen LogP contribution in [-0.2, 0) is 19.1 Å². The van der Waals surface area contributed by atoms with Crippen molar-refractivity contribution in [2.45, 2.75) is 39.5 Å². The van der Waals surface area contributed by atoms with Crippen LogP contribution in [0.15, 0.2) is 142 Å². The molecule has 0 aromatic heterocycles. The second-order valence-corrected chi connectivity index (χ2v) is 15.5. The highest BCUT2D eigenvalue weighted by atomic mass is 79.9. The number of halogens is 2. The van der Waals surface area contributed by atoms with Crippen molar-refractivity contribution in [2.75, 3.05) is 26.4 Å². The molecule has 0 radical (unpaired) electrons. The van der Waals surface area contributed by atoms with E-state index in [4.69, 9.17) is 19.7 Å². The van der Waals surface area contributed by atoms with Gasteiger partial charge < -0.3 is 19.7 Å². The molecule has 0 unspecified atom stereocenters. The van der Waals surface area contributed by atoms with Crippen LogP contribution in [0.1, 0.15) is 61.8 Å². The monoisotopic (exact) mass is 948 g/mol. The Kier molecular flexibility index (Phi) is 20.3. The van der Waals surface area contributed by atoms with Gasteiger partial charge in [0.05, 0.1) is 13.2 Å². The third-order valence-electron chi connectivity index (χ3n) is 8.47. The minimum Gasteiger partial charge on any atom is -0.461 e. The van der Waals surface area contributed by atoms with Crippen molar-refractivity contribution in [1.82, 2.24) is 0 Å². The number of benzene rings is 6. The maximum atomic E-state index is 11.3. The molecule has 0 heterocycles. The van der Waals surface area contributed by atoms with E-state index in [-0.39, 0.29) is 26.4 Å². The van der Waals surface area contributed by atoms with Crippen LogP contribution < -0.4 is 0 Å². The van der Waals surface area contributed by atoms with Crippen molar-refractivity contribution in [2.24, 2.45) is 0 Å². The molecular weight excluding hydrogens is 904 g/mol. The lowest BCUT2D eigenvalue weighted by atomic mass is 10.0. The zero-order valence-electron chi connectivity index (χ0n) is 34.7. The maximum Gasteiger partial charge on any atom is 0.333 e. The molecule has 0 bridgehead atoms. The Balaban J connectivity index is 0.000000225. The molecule has 0 spiro atoms. The van der Waals surface area contributed by atoms with Gasteiger partial charge in [-0.3, -0.25) is 0 Å². The van der Waals surface area contributed by atoms with E-state index >= 15 is 0 Å². The highest BCUT2D eigenvalue weighted by molar-refractivity contribution is 9.10. The van der Waals surface area contributed by atoms with Crippen molar-refractivity contribution in [3.05, 3.63) is 165 Å². The molecule has 0 aliphatic rings. The lowest BCUT2D eigenvalue weighted by molar-refractivity contribution is -0.139. The molecule has 2 N–H and O–H groups in total. The molecule has 312 valence electrons. The summed E-state index contributed by atoms with van der Waals surface area (Å²) in [5, 5.41) is 24.3. The minimum absolute atomic E-state index is 0.0937. The summed E-state index contributed by atoms with van der Waals surface area (Å²) in [6.07, 6.45) is 1.93. The summed E-state index contributed by atoms with van der Waals surface area (Å²) in [4.78, 5) is 22.6. The molecule has 0 aliphatic carbocycles. The number of fused-ring (bicyclic) bond motifs is 3. The van der Waals surface area contributed by atoms with Crippen molar-refractivity contribution in [3.63, 3.8) is 0 Å². The van der Waals surface area contributed by atoms with Gasteiger partial charge in [-0.05, 0) is 119 Å². The van der Waals surface area contributed by atoms with Crippen LogP contribution in [0.25, 0.3) is 32.3 Å². The molecule has 62 heavy (non-hydrogen) atoms. The zero-order chi connectivity index (χ0) is 44.7. The van der Waals surface area contributed by atoms with Gasteiger partial charge in [0.15, 0.2) is 0 Å². The summed E-state index contributed by atoms with van der Waals surface area (Å²) in [6.45, 7) is 11.0. The number of hydrogen-bond donors (Lipinski definition) is 2. The lowest BCUT2D eigenvalue weighted by Gasteiger charge is -2.01. The molecule has 0 amide bonds. The largest absolute Gasteiger partial charge is 0.461 e. The van der Waals surface area contributed by atoms with Gasteiger partial charge in [0, 0.05) is 68.0 Å². The van der Waals surface area contributed by atoms with Gasteiger partial charge >= 0.3 is 11.9 Å². The van der Waals surface area contributed by atoms with Gasteiger partial charge in [0.25, 0.3) is 0 Å². The molecule has 6 nitrogen and oxygen atoms in total. The summed E-state index contributed by atoms with van der Waals surface area (Å²) in [7, 11) is 0. The van der Waals surface area contributed by atoms with Gasteiger partial charge in [-0.15, -0.1) is 0 Å². The van der Waals surface area contributed by atoms with Crippen LogP contribution >= 0.6 is 31.9 Å². The van der Waals surface area contributed by atoms with E-state index in [1.165, 1.54) is 10.8 Å².